The Morgan fingerprint density at radius 1 is 1.32 bits per heavy atom. The van der Waals surface area contributed by atoms with E-state index < -0.39 is 22.7 Å². The molecule has 3 N–H and O–H groups in total. The molecule has 31 heavy (non-hydrogen) atoms. The molecule has 3 heterocycles. The number of nitrogens with zero attached hydrogens (tertiary/aromatic N) is 3. The van der Waals surface area contributed by atoms with E-state index in [0.717, 1.165) is 12.8 Å². The molecular formula is C21H22FN5O3S. The minimum Gasteiger partial charge on any atom is -0.473 e. The number of ether oxygens (including phenoxy) is 2. The number of nitrogens with one attached hydrogen (secondary N) is 1. The molecule has 1 amide bonds. The summed E-state index contributed by atoms with van der Waals surface area (Å²) >= 11 is 1.44. The fraction of sp³-hybridized carbons (Fsp3) is 0.429. The maximum Gasteiger partial charge on any atom is 0.275 e. The zero-order valence-corrected chi connectivity index (χ0v) is 17.7. The van der Waals surface area contributed by atoms with Crippen molar-refractivity contribution in [1.29, 1.82) is 0 Å². The van der Waals surface area contributed by atoms with Crippen LogP contribution in [0.25, 0.3) is 0 Å². The highest BCUT2D eigenvalue weighted by Gasteiger charge is 2.57. The Morgan fingerprint density at radius 3 is 2.90 bits per heavy atom. The van der Waals surface area contributed by atoms with E-state index >= 15 is 0 Å². The third kappa shape index (κ3) is 3.63. The summed E-state index contributed by atoms with van der Waals surface area (Å²) in [7, 11) is 0. The van der Waals surface area contributed by atoms with E-state index in [1.807, 2.05) is 6.92 Å². The molecule has 2 fully saturated rings. The third-order valence-electron chi connectivity index (χ3n) is 5.91. The third-order valence-corrected chi connectivity index (χ3v) is 7.08. The van der Waals surface area contributed by atoms with Gasteiger partial charge in [0, 0.05) is 22.4 Å². The van der Waals surface area contributed by atoms with Crippen LogP contribution in [-0.4, -0.2) is 46.1 Å². The highest BCUT2D eigenvalue weighted by molar-refractivity contribution is 8.13. The van der Waals surface area contributed by atoms with Gasteiger partial charge in [0.05, 0.1) is 25.6 Å². The first-order chi connectivity index (χ1) is 14.9. The lowest BCUT2D eigenvalue weighted by atomic mass is 9.70. The molecule has 0 radical (unpaired) electrons. The van der Waals surface area contributed by atoms with E-state index in [1.165, 1.54) is 36.3 Å². The molecule has 1 aromatic heterocycles. The predicted octanol–water partition coefficient (Wildman–Crippen LogP) is 2.70. The summed E-state index contributed by atoms with van der Waals surface area (Å²) in [4.78, 5) is 25.5. The molecule has 10 heteroatoms. The molecular weight excluding hydrogens is 421 g/mol. The van der Waals surface area contributed by atoms with Crippen LogP contribution >= 0.6 is 11.8 Å². The molecule has 1 aromatic carbocycles. The standard InChI is InChI=1S/C21H22FN5O3S/c1-20-9-29-10-21(20,27-19(23)31-11-20)14-6-12(2-5-15(14)22)26-18(28)16-7-25-17(8-24-16)30-13-3-4-13/h2,5-8,13H,3-4,9-11H2,1H3,(H2,23,27)(H,26,28). The lowest BCUT2D eigenvalue weighted by molar-refractivity contribution is 0.102. The van der Waals surface area contributed by atoms with Crippen LogP contribution in [0.15, 0.2) is 35.6 Å². The first-order valence-corrected chi connectivity index (χ1v) is 11.0. The highest BCUT2D eigenvalue weighted by Crippen LogP contribution is 2.53. The number of hydrogen-bond donors (Lipinski definition) is 2. The van der Waals surface area contributed by atoms with Crippen molar-refractivity contribution in [2.45, 2.75) is 31.4 Å². The monoisotopic (exact) mass is 443 g/mol. The van der Waals surface area contributed by atoms with E-state index in [-0.39, 0.29) is 18.4 Å². The minimum atomic E-state index is -0.936. The van der Waals surface area contributed by atoms with Gasteiger partial charge in [0.15, 0.2) is 5.17 Å². The van der Waals surface area contributed by atoms with E-state index in [2.05, 4.69) is 20.3 Å². The highest BCUT2D eigenvalue weighted by atomic mass is 32.2. The fourth-order valence-corrected chi connectivity index (χ4v) is 4.94. The normalized spacial score (nSPS) is 27.4. The number of hydrogen-bond acceptors (Lipinski definition) is 8. The Bertz CT molecular complexity index is 1060. The van der Waals surface area contributed by atoms with Gasteiger partial charge in [-0.3, -0.25) is 4.79 Å². The van der Waals surface area contributed by atoms with E-state index in [9.17, 15) is 9.18 Å². The smallest absolute Gasteiger partial charge is 0.275 e. The van der Waals surface area contributed by atoms with E-state index in [0.29, 0.717) is 34.7 Å². The van der Waals surface area contributed by atoms with Crippen LogP contribution in [0.1, 0.15) is 35.8 Å². The zero-order valence-electron chi connectivity index (χ0n) is 16.9. The molecule has 1 saturated heterocycles. The van der Waals surface area contributed by atoms with Crippen molar-refractivity contribution >= 4 is 28.5 Å². The number of rotatable bonds is 5. The molecule has 2 aromatic rings. The van der Waals surface area contributed by atoms with Gasteiger partial charge in [-0.1, -0.05) is 18.7 Å². The molecule has 1 aliphatic carbocycles. The van der Waals surface area contributed by atoms with Gasteiger partial charge in [-0.2, -0.15) is 0 Å². The molecule has 162 valence electrons. The van der Waals surface area contributed by atoms with Gasteiger partial charge in [-0.05, 0) is 31.0 Å². The number of aliphatic imine (C=N–C) groups is 1. The largest absolute Gasteiger partial charge is 0.473 e. The average molecular weight is 444 g/mol. The van der Waals surface area contributed by atoms with Gasteiger partial charge in [0.25, 0.3) is 5.91 Å². The Morgan fingerprint density at radius 2 is 2.16 bits per heavy atom. The number of amides is 1. The van der Waals surface area contributed by atoms with Gasteiger partial charge in [-0.15, -0.1) is 0 Å². The van der Waals surface area contributed by atoms with Crippen molar-refractivity contribution in [3.05, 3.63) is 47.7 Å². The summed E-state index contributed by atoms with van der Waals surface area (Å²) in [5.41, 5.74) is 5.58. The van der Waals surface area contributed by atoms with Gasteiger partial charge in [-0.25, -0.2) is 19.4 Å². The maximum atomic E-state index is 15.0. The SMILES string of the molecule is CC12COCC1(c1cc(NC(=O)c3cnc(OC4CC4)cn3)ccc1F)N=C(N)SC2. The topological polar surface area (TPSA) is 112 Å². The molecule has 5 rings (SSSR count). The molecule has 0 spiro atoms. The van der Waals surface area contributed by atoms with Crippen LogP contribution in [-0.2, 0) is 10.3 Å². The van der Waals surface area contributed by atoms with Gasteiger partial charge >= 0.3 is 0 Å². The Kier molecular flexibility index (Phi) is 4.86. The molecule has 3 aliphatic rings. The fourth-order valence-electron chi connectivity index (χ4n) is 3.93. The van der Waals surface area contributed by atoms with E-state index in [4.69, 9.17) is 15.2 Å². The van der Waals surface area contributed by atoms with Gasteiger partial charge in [0.2, 0.25) is 5.88 Å². The Hall–Kier alpha value is -2.72. The molecule has 8 nitrogen and oxygen atoms in total. The second-order valence-electron chi connectivity index (χ2n) is 8.36. The predicted molar refractivity (Wildman–Crippen MR) is 115 cm³/mol. The number of nitrogens with two attached hydrogens (primary N) is 1. The minimum absolute atomic E-state index is 0.137. The summed E-state index contributed by atoms with van der Waals surface area (Å²) in [6.45, 7) is 2.71. The van der Waals surface area contributed by atoms with Gasteiger partial charge < -0.3 is 20.5 Å². The molecule has 1 saturated carbocycles. The second-order valence-corrected chi connectivity index (χ2v) is 9.35. The number of thioether (sulfide) groups is 1. The number of amidine groups is 1. The van der Waals surface area contributed by atoms with Crippen LogP contribution in [0, 0.1) is 11.2 Å². The lowest BCUT2D eigenvalue weighted by Crippen LogP contribution is -2.48. The second kappa shape index (κ2) is 7.45. The molecule has 2 atom stereocenters. The van der Waals surface area contributed by atoms with E-state index in [1.54, 1.807) is 6.07 Å². The molecule has 2 unspecified atom stereocenters. The van der Waals surface area contributed by atoms with Crippen molar-refractivity contribution in [3.8, 4) is 5.88 Å². The first-order valence-electron chi connectivity index (χ1n) is 10.0. The van der Waals surface area contributed by atoms with Crippen molar-refractivity contribution < 1.29 is 18.7 Å². The summed E-state index contributed by atoms with van der Waals surface area (Å²) in [5.74, 6) is 0.199. The number of fused-ring (bicyclic) bond motifs is 1. The Balaban J connectivity index is 1.41. The van der Waals surface area contributed by atoms with Crippen molar-refractivity contribution in [2.75, 3.05) is 24.3 Å². The molecule has 2 aliphatic heterocycles. The summed E-state index contributed by atoms with van der Waals surface area (Å²) in [6, 6.07) is 4.43. The van der Waals surface area contributed by atoms with Crippen LogP contribution < -0.4 is 15.8 Å². The summed E-state index contributed by atoms with van der Waals surface area (Å²) < 4.78 is 26.3. The number of carbonyl (C=O) groups excluding carboxylic acids is 1. The van der Waals surface area contributed by atoms with Crippen LogP contribution in [0.2, 0.25) is 0 Å². The maximum absolute atomic E-state index is 15.0. The number of carbonyl (C=O) groups is 1. The number of halogens is 1. The number of anilines is 1. The van der Waals surface area contributed by atoms with Crippen molar-refractivity contribution in [2.24, 2.45) is 16.1 Å². The van der Waals surface area contributed by atoms with Crippen LogP contribution in [0.3, 0.4) is 0 Å². The quantitative estimate of drug-likeness (QED) is 0.731. The van der Waals surface area contributed by atoms with Crippen LogP contribution in [0.4, 0.5) is 10.1 Å². The lowest BCUT2D eigenvalue weighted by Gasteiger charge is -2.42. The summed E-state index contributed by atoms with van der Waals surface area (Å²) in [6.07, 6.45) is 5.02. The number of benzene rings is 1. The first kappa shape index (κ1) is 20.2. The average Bonchev–Trinajstić information content (AvgIpc) is 3.50. The zero-order chi connectivity index (χ0) is 21.6. The van der Waals surface area contributed by atoms with Crippen LogP contribution in [0.5, 0.6) is 5.88 Å². The number of aromatic nitrogens is 2. The van der Waals surface area contributed by atoms with Crippen molar-refractivity contribution in [3.63, 3.8) is 0 Å². The Labute approximate surface area is 182 Å². The van der Waals surface area contributed by atoms with Gasteiger partial charge in [0.1, 0.15) is 23.2 Å². The molecule has 0 bridgehead atoms. The van der Waals surface area contributed by atoms with Crippen molar-refractivity contribution in [1.82, 2.24) is 9.97 Å². The summed E-state index contributed by atoms with van der Waals surface area (Å²) in [5, 5.41) is 3.17.